The van der Waals surface area contributed by atoms with E-state index in [0.717, 1.165) is 45.3 Å². The van der Waals surface area contributed by atoms with Gasteiger partial charge in [-0.3, -0.25) is 14.0 Å². The number of carbonyl (C=O) groups is 2. The van der Waals surface area contributed by atoms with Crippen LogP contribution in [-0.4, -0.2) is 71.3 Å². The van der Waals surface area contributed by atoms with Crippen molar-refractivity contribution in [2.45, 2.75) is 25.7 Å². The number of carbonyl (C=O) groups excluding carboxylic acids is 2. The second-order valence-corrected chi connectivity index (χ2v) is 7.01. The van der Waals surface area contributed by atoms with E-state index in [1.807, 2.05) is 37.2 Å². The van der Waals surface area contributed by atoms with Crippen molar-refractivity contribution in [1.82, 2.24) is 24.5 Å². The predicted molar refractivity (Wildman–Crippen MR) is 100 cm³/mol. The Morgan fingerprint density at radius 1 is 1.19 bits per heavy atom. The molecule has 140 valence electrons. The van der Waals surface area contributed by atoms with Crippen LogP contribution in [0.2, 0.25) is 0 Å². The molecule has 2 aromatic rings. The van der Waals surface area contributed by atoms with Gasteiger partial charge in [0, 0.05) is 25.8 Å². The van der Waals surface area contributed by atoms with Gasteiger partial charge in [-0.05, 0) is 58.5 Å². The molecule has 26 heavy (non-hydrogen) atoms. The van der Waals surface area contributed by atoms with E-state index in [4.69, 9.17) is 0 Å². The quantitative estimate of drug-likeness (QED) is 0.798. The first-order chi connectivity index (χ1) is 12.6. The molecule has 0 radical (unpaired) electrons. The number of amides is 2. The predicted octanol–water partition coefficient (Wildman–Crippen LogP) is 1.64. The van der Waals surface area contributed by atoms with Gasteiger partial charge in [-0.15, -0.1) is 0 Å². The van der Waals surface area contributed by atoms with Crippen LogP contribution in [0.1, 0.15) is 46.8 Å². The van der Waals surface area contributed by atoms with E-state index in [1.54, 1.807) is 10.6 Å². The Hall–Kier alpha value is -2.41. The lowest BCUT2D eigenvalue weighted by Crippen LogP contribution is -2.36. The topological polar surface area (TPSA) is 70.0 Å². The molecule has 0 saturated carbocycles. The molecule has 1 N–H and O–H groups in total. The largest absolute Gasteiger partial charge is 0.351 e. The Labute approximate surface area is 154 Å². The lowest BCUT2D eigenvalue weighted by atomic mass is 10.1. The SMILES string of the molecule is CN(C)CCCNC(=O)c1nc(C(=O)N2CCCCC2)n2ccccc12. The van der Waals surface area contributed by atoms with Crippen LogP contribution in [0.25, 0.3) is 5.52 Å². The van der Waals surface area contributed by atoms with Gasteiger partial charge in [0.2, 0.25) is 5.82 Å². The molecule has 7 nitrogen and oxygen atoms in total. The van der Waals surface area contributed by atoms with Crippen molar-refractivity contribution in [2.75, 3.05) is 40.3 Å². The monoisotopic (exact) mass is 357 g/mol. The summed E-state index contributed by atoms with van der Waals surface area (Å²) in [4.78, 5) is 33.8. The lowest BCUT2D eigenvalue weighted by Gasteiger charge is -2.25. The number of pyridine rings is 1. The molecule has 1 aliphatic heterocycles. The maximum atomic E-state index is 12.9. The molecule has 0 spiro atoms. The maximum absolute atomic E-state index is 12.9. The summed E-state index contributed by atoms with van der Waals surface area (Å²) in [6.07, 6.45) is 5.86. The fraction of sp³-hybridized carbons (Fsp3) is 0.526. The third-order valence-corrected chi connectivity index (χ3v) is 4.67. The van der Waals surface area contributed by atoms with Crippen LogP contribution >= 0.6 is 0 Å². The van der Waals surface area contributed by atoms with Gasteiger partial charge in [-0.1, -0.05) is 6.07 Å². The van der Waals surface area contributed by atoms with Crippen LogP contribution in [-0.2, 0) is 0 Å². The summed E-state index contributed by atoms with van der Waals surface area (Å²) in [6.45, 7) is 3.00. The number of fused-ring (bicyclic) bond motifs is 1. The highest BCUT2D eigenvalue weighted by Crippen LogP contribution is 2.17. The van der Waals surface area contributed by atoms with E-state index >= 15 is 0 Å². The van der Waals surface area contributed by atoms with Crippen molar-refractivity contribution in [2.24, 2.45) is 0 Å². The minimum atomic E-state index is -0.231. The summed E-state index contributed by atoms with van der Waals surface area (Å²) in [5, 5.41) is 2.91. The van der Waals surface area contributed by atoms with Gasteiger partial charge in [0.1, 0.15) is 0 Å². The van der Waals surface area contributed by atoms with Gasteiger partial charge in [0.25, 0.3) is 11.8 Å². The van der Waals surface area contributed by atoms with Crippen LogP contribution in [0.3, 0.4) is 0 Å². The van der Waals surface area contributed by atoms with Gasteiger partial charge in [0.15, 0.2) is 5.69 Å². The molecule has 1 aliphatic rings. The first-order valence-electron chi connectivity index (χ1n) is 9.27. The van der Waals surface area contributed by atoms with Crippen LogP contribution < -0.4 is 5.32 Å². The van der Waals surface area contributed by atoms with Gasteiger partial charge in [-0.2, -0.15) is 0 Å². The highest BCUT2D eigenvalue weighted by Gasteiger charge is 2.25. The number of piperidine rings is 1. The molecule has 3 heterocycles. The number of nitrogens with zero attached hydrogens (tertiary/aromatic N) is 4. The lowest BCUT2D eigenvalue weighted by molar-refractivity contribution is 0.0711. The first kappa shape index (κ1) is 18.4. The molecule has 0 unspecified atom stereocenters. The summed E-state index contributed by atoms with van der Waals surface area (Å²) in [7, 11) is 4.01. The molecule has 2 aromatic heterocycles. The molecule has 7 heteroatoms. The van der Waals surface area contributed by atoms with Crippen molar-refractivity contribution >= 4 is 17.3 Å². The fourth-order valence-corrected chi connectivity index (χ4v) is 3.28. The summed E-state index contributed by atoms with van der Waals surface area (Å²) < 4.78 is 1.73. The second kappa shape index (κ2) is 8.31. The minimum absolute atomic E-state index is 0.0995. The molecular formula is C19H27N5O2. The number of hydrogen-bond donors (Lipinski definition) is 1. The van der Waals surface area contributed by atoms with E-state index in [0.29, 0.717) is 23.6 Å². The number of imidazole rings is 1. The number of rotatable bonds is 6. The Morgan fingerprint density at radius 3 is 2.69 bits per heavy atom. The smallest absolute Gasteiger partial charge is 0.290 e. The van der Waals surface area contributed by atoms with Crippen molar-refractivity contribution in [1.29, 1.82) is 0 Å². The van der Waals surface area contributed by atoms with E-state index in [-0.39, 0.29) is 11.8 Å². The molecule has 1 fully saturated rings. The van der Waals surface area contributed by atoms with Gasteiger partial charge >= 0.3 is 0 Å². The second-order valence-electron chi connectivity index (χ2n) is 7.01. The minimum Gasteiger partial charge on any atom is -0.351 e. The number of likely N-dealkylation sites (tertiary alicyclic amines) is 1. The van der Waals surface area contributed by atoms with E-state index in [9.17, 15) is 9.59 Å². The summed E-state index contributed by atoms with van der Waals surface area (Å²) in [6, 6.07) is 5.53. The first-order valence-corrected chi connectivity index (χ1v) is 9.27. The Morgan fingerprint density at radius 2 is 1.96 bits per heavy atom. The summed E-state index contributed by atoms with van der Waals surface area (Å²) >= 11 is 0. The Kier molecular flexibility index (Phi) is 5.88. The highest BCUT2D eigenvalue weighted by molar-refractivity contribution is 6.02. The zero-order chi connectivity index (χ0) is 18.5. The fourth-order valence-electron chi connectivity index (χ4n) is 3.28. The van der Waals surface area contributed by atoms with Gasteiger partial charge in [-0.25, -0.2) is 4.98 Å². The average Bonchev–Trinajstić information content (AvgIpc) is 3.05. The van der Waals surface area contributed by atoms with Crippen molar-refractivity contribution < 1.29 is 9.59 Å². The zero-order valence-corrected chi connectivity index (χ0v) is 15.6. The number of aromatic nitrogens is 2. The zero-order valence-electron chi connectivity index (χ0n) is 15.6. The van der Waals surface area contributed by atoms with E-state index in [1.165, 1.54) is 0 Å². The van der Waals surface area contributed by atoms with Crippen molar-refractivity contribution in [3.8, 4) is 0 Å². The normalized spacial score (nSPS) is 14.8. The molecule has 0 atom stereocenters. The Bertz CT molecular complexity index is 777. The van der Waals surface area contributed by atoms with Crippen LogP contribution in [0.15, 0.2) is 24.4 Å². The van der Waals surface area contributed by atoms with Gasteiger partial charge < -0.3 is 15.1 Å². The van der Waals surface area contributed by atoms with E-state index < -0.39 is 0 Å². The molecule has 0 aromatic carbocycles. The number of nitrogens with one attached hydrogen (secondary N) is 1. The molecule has 0 aliphatic carbocycles. The van der Waals surface area contributed by atoms with Crippen LogP contribution in [0.4, 0.5) is 0 Å². The Balaban J connectivity index is 1.80. The molecule has 0 bridgehead atoms. The summed E-state index contributed by atoms with van der Waals surface area (Å²) in [5.74, 6) is -0.0105. The average molecular weight is 357 g/mol. The van der Waals surface area contributed by atoms with Gasteiger partial charge in [0.05, 0.1) is 5.52 Å². The maximum Gasteiger partial charge on any atom is 0.290 e. The standard InChI is InChI=1S/C19H27N5O2/c1-22(2)11-8-10-20-18(25)16-15-9-4-7-14-24(15)17(21-16)19(26)23-12-5-3-6-13-23/h4,7,9,14H,3,5-6,8,10-13H2,1-2H3,(H,20,25). The number of hydrogen-bond acceptors (Lipinski definition) is 4. The highest BCUT2D eigenvalue weighted by atomic mass is 16.2. The van der Waals surface area contributed by atoms with Crippen LogP contribution in [0, 0.1) is 0 Å². The van der Waals surface area contributed by atoms with Crippen LogP contribution in [0.5, 0.6) is 0 Å². The third-order valence-electron chi connectivity index (χ3n) is 4.67. The van der Waals surface area contributed by atoms with E-state index in [2.05, 4.69) is 15.2 Å². The third kappa shape index (κ3) is 4.04. The molecular weight excluding hydrogens is 330 g/mol. The molecule has 1 saturated heterocycles. The summed E-state index contributed by atoms with van der Waals surface area (Å²) in [5.41, 5.74) is 0.980. The van der Waals surface area contributed by atoms with Crippen molar-refractivity contribution in [3.05, 3.63) is 35.9 Å². The molecule has 2 amide bonds. The molecule has 3 rings (SSSR count). The van der Waals surface area contributed by atoms with Crippen molar-refractivity contribution in [3.63, 3.8) is 0 Å².